The molecule has 0 saturated heterocycles. The monoisotopic (exact) mass is 400 g/mol. The summed E-state index contributed by atoms with van der Waals surface area (Å²) < 4.78 is 5.58. The van der Waals surface area contributed by atoms with Crippen molar-refractivity contribution in [3.63, 3.8) is 0 Å². The van der Waals surface area contributed by atoms with E-state index >= 15 is 0 Å². The third-order valence-electron chi connectivity index (χ3n) is 5.18. The molecule has 3 aromatic rings. The summed E-state index contributed by atoms with van der Waals surface area (Å²) >= 11 is 0. The summed E-state index contributed by atoms with van der Waals surface area (Å²) in [7, 11) is 1.69. The first-order valence-electron chi connectivity index (χ1n) is 9.98. The van der Waals surface area contributed by atoms with Crippen LogP contribution in [0.25, 0.3) is 0 Å². The predicted octanol–water partition coefficient (Wildman–Crippen LogP) is 3.81. The molecule has 0 atom stereocenters. The lowest BCUT2D eigenvalue weighted by Gasteiger charge is -2.31. The Balaban J connectivity index is 1.49. The van der Waals surface area contributed by atoms with Crippen molar-refractivity contribution < 1.29 is 9.53 Å². The number of rotatable bonds is 6. The Morgan fingerprint density at radius 3 is 2.97 bits per heavy atom. The van der Waals surface area contributed by atoms with Crippen LogP contribution in [0.1, 0.15) is 33.5 Å². The second-order valence-electron chi connectivity index (χ2n) is 7.17. The van der Waals surface area contributed by atoms with Crippen LogP contribution >= 0.6 is 0 Å². The lowest BCUT2D eigenvalue weighted by molar-refractivity contribution is 0.0955. The Bertz CT molecular complexity index is 1050. The van der Waals surface area contributed by atoms with Gasteiger partial charge in [0, 0.05) is 36.7 Å². The van der Waals surface area contributed by atoms with E-state index in [9.17, 15) is 4.79 Å². The van der Waals surface area contributed by atoms with E-state index in [4.69, 9.17) is 4.74 Å². The number of nitrogens with one attached hydrogen (secondary N) is 1. The Hall–Kier alpha value is -3.67. The maximum Gasteiger partial charge on any atom is 0.272 e. The van der Waals surface area contributed by atoms with Crippen LogP contribution in [-0.4, -0.2) is 30.8 Å². The maximum absolute atomic E-state index is 12.1. The molecule has 1 aliphatic heterocycles. The molecule has 2 aromatic carbocycles. The molecule has 0 bridgehead atoms. The summed E-state index contributed by atoms with van der Waals surface area (Å²) in [4.78, 5) is 18.4. The molecule has 6 nitrogen and oxygen atoms in total. The molecular formula is C24H24N4O2. The van der Waals surface area contributed by atoms with Crippen molar-refractivity contribution in [3.8, 4) is 5.75 Å². The zero-order valence-electron chi connectivity index (χ0n) is 16.9. The van der Waals surface area contributed by atoms with E-state index in [0.29, 0.717) is 5.56 Å². The minimum absolute atomic E-state index is 0.294. The van der Waals surface area contributed by atoms with Crippen molar-refractivity contribution in [2.45, 2.75) is 19.4 Å². The van der Waals surface area contributed by atoms with E-state index in [1.807, 2.05) is 12.1 Å². The van der Waals surface area contributed by atoms with Gasteiger partial charge in [-0.3, -0.25) is 9.78 Å². The van der Waals surface area contributed by atoms with Gasteiger partial charge in [-0.2, -0.15) is 5.10 Å². The average Bonchev–Trinajstić information content (AvgIpc) is 2.80. The lowest BCUT2D eigenvalue weighted by atomic mass is 10.0. The summed E-state index contributed by atoms with van der Waals surface area (Å²) in [5.74, 6) is 0.549. The topological polar surface area (TPSA) is 66.8 Å². The fraction of sp³-hybridized carbons (Fsp3) is 0.208. The smallest absolute Gasteiger partial charge is 0.272 e. The molecule has 0 unspecified atom stereocenters. The Kier molecular flexibility index (Phi) is 6.03. The SMILES string of the molecule is COc1ccc(/C=N/NC(=O)c2cccnc2)cc1CN1CCCc2ccccc21. The van der Waals surface area contributed by atoms with Crippen LogP contribution in [0.5, 0.6) is 5.75 Å². The number of ether oxygens (including phenoxy) is 1. The number of fused-ring (bicyclic) bond motifs is 1. The number of amides is 1. The highest BCUT2D eigenvalue weighted by atomic mass is 16.5. The van der Waals surface area contributed by atoms with Crippen molar-refractivity contribution in [2.24, 2.45) is 5.10 Å². The van der Waals surface area contributed by atoms with Gasteiger partial charge < -0.3 is 9.64 Å². The first-order valence-corrected chi connectivity index (χ1v) is 9.98. The summed E-state index contributed by atoms with van der Waals surface area (Å²) in [6.45, 7) is 1.77. The van der Waals surface area contributed by atoms with Crippen LogP contribution in [-0.2, 0) is 13.0 Å². The number of hydrazone groups is 1. The third kappa shape index (κ3) is 4.49. The van der Waals surface area contributed by atoms with E-state index < -0.39 is 0 Å². The van der Waals surface area contributed by atoms with Crippen LogP contribution in [0.15, 0.2) is 72.1 Å². The molecule has 4 rings (SSSR count). The summed E-state index contributed by atoms with van der Waals surface area (Å²) in [6, 6.07) is 17.9. The first-order chi connectivity index (χ1) is 14.7. The van der Waals surface area contributed by atoms with Gasteiger partial charge in [0.05, 0.1) is 18.9 Å². The second kappa shape index (κ2) is 9.22. The van der Waals surface area contributed by atoms with Gasteiger partial charge in [-0.05, 0) is 60.4 Å². The quantitative estimate of drug-likeness (QED) is 0.505. The molecular weight excluding hydrogens is 376 g/mol. The molecule has 1 aliphatic rings. The molecule has 0 saturated carbocycles. The van der Waals surface area contributed by atoms with Crippen LogP contribution < -0.4 is 15.1 Å². The van der Waals surface area contributed by atoms with Gasteiger partial charge in [-0.1, -0.05) is 18.2 Å². The molecule has 0 spiro atoms. The normalized spacial score (nSPS) is 13.2. The zero-order valence-corrected chi connectivity index (χ0v) is 16.9. The van der Waals surface area contributed by atoms with Gasteiger partial charge >= 0.3 is 0 Å². The van der Waals surface area contributed by atoms with Gasteiger partial charge in [0.15, 0.2) is 0 Å². The minimum atomic E-state index is -0.294. The molecule has 1 amide bonds. The van der Waals surface area contributed by atoms with E-state index in [-0.39, 0.29) is 5.91 Å². The maximum atomic E-state index is 12.1. The van der Waals surface area contributed by atoms with Crippen LogP contribution in [0, 0.1) is 0 Å². The highest BCUT2D eigenvalue weighted by Crippen LogP contribution is 2.30. The number of methoxy groups -OCH3 is 1. The van der Waals surface area contributed by atoms with Crippen molar-refractivity contribution in [2.75, 3.05) is 18.6 Å². The first kappa shape index (κ1) is 19.6. The number of aryl methyl sites for hydroxylation is 1. The summed E-state index contributed by atoms with van der Waals surface area (Å²) in [5, 5.41) is 4.09. The van der Waals surface area contributed by atoms with Gasteiger partial charge in [-0.15, -0.1) is 0 Å². The average molecular weight is 400 g/mol. The second-order valence-corrected chi connectivity index (χ2v) is 7.17. The molecule has 152 valence electrons. The summed E-state index contributed by atoms with van der Waals surface area (Å²) in [5.41, 5.74) is 7.65. The van der Waals surface area contributed by atoms with Crippen molar-refractivity contribution >= 4 is 17.8 Å². The van der Waals surface area contributed by atoms with Crippen molar-refractivity contribution in [1.29, 1.82) is 0 Å². The fourth-order valence-corrected chi connectivity index (χ4v) is 3.71. The highest BCUT2D eigenvalue weighted by molar-refractivity contribution is 5.94. The molecule has 1 aromatic heterocycles. The third-order valence-corrected chi connectivity index (χ3v) is 5.18. The lowest BCUT2D eigenvalue weighted by Crippen LogP contribution is -2.29. The number of benzene rings is 2. The molecule has 1 N–H and O–H groups in total. The predicted molar refractivity (Wildman–Crippen MR) is 118 cm³/mol. The Morgan fingerprint density at radius 1 is 1.23 bits per heavy atom. The molecule has 0 aliphatic carbocycles. The van der Waals surface area contributed by atoms with E-state index in [1.54, 1.807) is 31.7 Å². The molecule has 30 heavy (non-hydrogen) atoms. The van der Waals surface area contributed by atoms with Gasteiger partial charge in [-0.25, -0.2) is 5.43 Å². The minimum Gasteiger partial charge on any atom is -0.496 e. The standard InChI is InChI=1S/C24H24N4O2/c1-30-23-11-10-18(15-26-27-24(29)20-7-4-12-25-16-20)14-21(23)17-28-13-5-8-19-6-2-3-9-22(19)28/h2-4,6-7,9-12,14-16H,5,8,13,17H2,1H3,(H,27,29)/b26-15+. The number of nitrogens with zero attached hydrogens (tertiary/aromatic N) is 3. The molecule has 0 fully saturated rings. The van der Waals surface area contributed by atoms with Crippen LogP contribution in [0.2, 0.25) is 0 Å². The van der Waals surface area contributed by atoms with Crippen LogP contribution in [0.4, 0.5) is 5.69 Å². The molecule has 6 heteroatoms. The fourth-order valence-electron chi connectivity index (χ4n) is 3.71. The van der Waals surface area contributed by atoms with Crippen molar-refractivity contribution in [1.82, 2.24) is 10.4 Å². The number of hydrogen-bond acceptors (Lipinski definition) is 5. The highest BCUT2D eigenvalue weighted by Gasteiger charge is 2.18. The molecule has 0 radical (unpaired) electrons. The number of hydrogen-bond donors (Lipinski definition) is 1. The van der Waals surface area contributed by atoms with E-state index in [0.717, 1.165) is 42.8 Å². The number of para-hydroxylation sites is 1. The largest absolute Gasteiger partial charge is 0.496 e. The Labute approximate surface area is 176 Å². The zero-order chi connectivity index (χ0) is 20.8. The molecule has 2 heterocycles. The van der Waals surface area contributed by atoms with E-state index in [2.05, 4.69) is 50.7 Å². The van der Waals surface area contributed by atoms with E-state index in [1.165, 1.54) is 17.4 Å². The number of pyridine rings is 1. The number of anilines is 1. The number of carbonyl (C=O) groups excluding carboxylic acids is 1. The van der Waals surface area contributed by atoms with Crippen LogP contribution in [0.3, 0.4) is 0 Å². The van der Waals surface area contributed by atoms with Crippen molar-refractivity contribution in [3.05, 3.63) is 89.2 Å². The van der Waals surface area contributed by atoms with Gasteiger partial charge in [0.25, 0.3) is 5.91 Å². The summed E-state index contributed by atoms with van der Waals surface area (Å²) in [6.07, 6.45) is 7.03. The Morgan fingerprint density at radius 2 is 2.13 bits per heavy atom. The van der Waals surface area contributed by atoms with Gasteiger partial charge in [0.1, 0.15) is 5.75 Å². The van der Waals surface area contributed by atoms with Gasteiger partial charge in [0.2, 0.25) is 0 Å². The number of carbonyl (C=O) groups is 1. The number of aromatic nitrogens is 1.